The van der Waals surface area contributed by atoms with Gasteiger partial charge in [-0.2, -0.15) is 0 Å². The highest BCUT2D eigenvalue weighted by Crippen LogP contribution is 2.50. The largest absolute Gasteiger partial charge is 0.312 e. The van der Waals surface area contributed by atoms with Crippen molar-refractivity contribution in [2.45, 2.75) is 52.0 Å². The van der Waals surface area contributed by atoms with Gasteiger partial charge < -0.3 is 5.32 Å². The van der Waals surface area contributed by atoms with Crippen molar-refractivity contribution in [1.82, 2.24) is 5.32 Å². The summed E-state index contributed by atoms with van der Waals surface area (Å²) in [4.78, 5) is 0. The first-order chi connectivity index (χ1) is 8.46. The zero-order chi connectivity index (χ0) is 13.2. The minimum absolute atomic E-state index is 0.247. The van der Waals surface area contributed by atoms with Crippen molar-refractivity contribution >= 4 is 0 Å². The van der Waals surface area contributed by atoms with Crippen LogP contribution in [0.25, 0.3) is 0 Å². The van der Waals surface area contributed by atoms with Gasteiger partial charge in [-0.25, -0.2) is 0 Å². The Morgan fingerprint density at radius 1 is 1.22 bits per heavy atom. The molecule has 1 aliphatic carbocycles. The van der Waals surface area contributed by atoms with Crippen LogP contribution >= 0.6 is 0 Å². The fourth-order valence-corrected chi connectivity index (χ4v) is 2.70. The quantitative estimate of drug-likeness (QED) is 0.819. The average Bonchev–Trinajstić information content (AvgIpc) is 3.06. The van der Waals surface area contributed by atoms with Crippen molar-refractivity contribution in [1.29, 1.82) is 0 Å². The predicted molar refractivity (Wildman–Crippen MR) is 78.8 cm³/mol. The molecule has 3 atom stereocenters. The number of hydrogen-bond acceptors (Lipinski definition) is 1. The highest BCUT2D eigenvalue weighted by Gasteiger charge is 2.38. The second kappa shape index (κ2) is 5.44. The Hall–Kier alpha value is -0.820. The summed E-state index contributed by atoms with van der Waals surface area (Å²) in [6.45, 7) is 10.2. The van der Waals surface area contributed by atoms with E-state index in [2.05, 4.69) is 63.3 Å². The lowest BCUT2D eigenvalue weighted by molar-refractivity contribution is 0.363. The molecule has 1 N–H and O–H groups in total. The van der Waals surface area contributed by atoms with Crippen molar-refractivity contribution in [2.24, 2.45) is 11.8 Å². The SMILES string of the molecule is CC(CNC(C)(C)C)CC1CC1c1ccccc1. The molecule has 1 heteroatoms. The summed E-state index contributed by atoms with van der Waals surface area (Å²) in [6.07, 6.45) is 2.76. The molecule has 0 heterocycles. The van der Waals surface area contributed by atoms with Gasteiger partial charge in [0.1, 0.15) is 0 Å². The average molecular weight is 245 g/mol. The van der Waals surface area contributed by atoms with Crippen LogP contribution in [0.5, 0.6) is 0 Å². The van der Waals surface area contributed by atoms with E-state index in [1.54, 1.807) is 5.56 Å². The Bertz CT molecular complexity index is 363. The third kappa shape index (κ3) is 4.13. The normalized spacial score (nSPS) is 24.9. The molecule has 1 saturated carbocycles. The molecule has 0 bridgehead atoms. The summed E-state index contributed by atoms with van der Waals surface area (Å²) >= 11 is 0. The molecule has 1 nitrogen and oxygen atoms in total. The topological polar surface area (TPSA) is 12.0 Å². The van der Waals surface area contributed by atoms with Gasteiger partial charge in [-0.05, 0) is 63.5 Å². The predicted octanol–water partition coefficient (Wildman–Crippen LogP) is 4.20. The maximum absolute atomic E-state index is 3.61. The molecule has 0 radical (unpaired) electrons. The molecule has 1 aliphatic rings. The molecule has 0 spiro atoms. The maximum atomic E-state index is 3.61. The lowest BCUT2D eigenvalue weighted by atomic mass is 9.99. The second-order valence-electron chi connectivity index (χ2n) is 6.98. The van der Waals surface area contributed by atoms with Crippen molar-refractivity contribution in [3.8, 4) is 0 Å². The molecule has 0 saturated heterocycles. The molecule has 1 fully saturated rings. The Labute approximate surface area is 112 Å². The molecule has 1 aromatic rings. The van der Waals surface area contributed by atoms with Crippen LogP contribution in [0.3, 0.4) is 0 Å². The van der Waals surface area contributed by atoms with Gasteiger partial charge in [0.2, 0.25) is 0 Å². The first-order valence-corrected chi connectivity index (χ1v) is 7.25. The summed E-state index contributed by atoms with van der Waals surface area (Å²) in [5, 5.41) is 3.61. The third-order valence-electron chi connectivity index (χ3n) is 3.84. The number of rotatable bonds is 5. The molecular formula is C17H27N. The summed E-state index contributed by atoms with van der Waals surface area (Å²) < 4.78 is 0. The first-order valence-electron chi connectivity index (χ1n) is 7.25. The van der Waals surface area contributed by atoms with Gasteiger partial charge in [-0.3, -0.25) is 0 Å². The van der Waals surface area contributed by atoms with E-state index in [-0.39, 0.29) is 5.54 Å². The van der Waals surface area contributed by atoms with Gasteiger partial charge in [0.05, 0.1) is 0 Å². The molecular weight excluding hydrogens is 218 g/mol. The van der Waals surface area contributed by atoms with Crippen LogP contribution in [0.15, 0.2) is 30.3 Å². The number of hydrogen-bond donors (Lipinski definition) is 1. The molecule has 0 amide bonds. The summed E-state index contributed by atoms with van der Waals surface area (Å²) in [7, 11) is 0. The van der Waals surface area contributed by atoms with Crippen LogP contribution in [0, 0.1) is 11.8 Å². The Morgan fingerprint density at radius 2 is 1.89 bits per heavy atom. The van der Waals surface area contributed by atoms with Gasteiger partial charge in [0.15, 0.2) is 0 Å². The van der Waals surface area contributed by atoms with Crippen molar-refractivity contribution < 1.29 is 0 Å². The summed E-state index contributed by atoms with van der Waals surface area (Å²) in [6, 6.07) is 11.0. The van der Waals surface area contributed by atoms with Gasteiger partial charge in [0.25, 0.3) is 0 Å². The van der Waals surface area contributed by atoms with Crippen LogP contribution in [0.4, 0.5) is 0 Å². The standard InChI is InChI=1S/C17H27N/c1-13(12-18-17(2,3)4)10-15-11-16(15)14-8-6-5-7-9-14/h5-9,13,15-16,18H,10-12H2,1-4H3. The van der Waals surface area contributed by atoms with Crippen LogP contribution in [-0.2, 0) is 0 Å². The zero-order valence-electron chi connectivity index (χ0n) is 12.2. The smallest absolute Gasteiger partial charge is 0.00966 e. The van der Waals surface area contributed by atoms with E-state index in [0.29, 0.717) is 0 Å². The number of nitrogens with one attached hydrogen (secondary N) is 1. The molecule has 3 unspecified atom stereocenters. The highest BCUT2D eigenvalue weighted by molar-refractivity contribution is 5.25. The van der Waals surface area contributed by atoms with Gasteiger partial charge >= 0.3 is 0 Å². The van der Waals surface area contributed by atoms with E-state index < -0.39 is 0 Å². The van der Waals surface area contributed by atoms with Crippen molar-refractivity contribution in [2.75, 3.05) is 6.54 Å². The minimum Gasteiger partial charge on any atom is -0.312 e. The zero-order valence-corrected chi connectivity index (χ0v) is 12.2. The van der Waals surface area contributed by atoms with E-state index in [1.807, 2.05) is 0 Å². The van der Waals surface area contributed by atoms with Gasteiger partial charge in [0, 0.05) is 5.54 Å². The lowest BCUT2D eigenvalue weighted by Gasteiger charge is -2.23. The van der Waals surface area contributed by atoms with E-state index in [4.69, 9.17) is 0 Å². The molecule has 18 heavy (non-hydrogen) atoms. The second-order valence-corrected chi connectivity index (χ2v) is 6.98. The highest BCUT2D eigenvalue weighted by atomic mass is 14.9. The minimum atomic E-state index is 0.247. The fraction of sp³-hybridized carbons (Fsp3) is 0.647. The Morgan fingerprint density at radius 3 is 2.50 bits per heavy atom. The van der Waals surface area contributed by atoms with Gasteiger partial charge in [-0.15, -0.1) is 0 Å². The summed E-state index contributed by atoms with van der Waals surface area (Å²) in [5.41, 5.74) is 1.79. The molecule has 1 aromatic carbocycles. The molecule has 2 rings (SSSR count). The van der Waals surface area contributed by atoms with Crippen molar-refractivity contribution in [3.05, 3.63) is 35.9 Å². The fourth-order valence-electron chi connectivity index (χ4n) is 2.70. The van der Waals surface area contributed by atoms with Crippen molar-refractivity contribution in [3.63, 3.8) is 0 Å². The molecule has 100 valence electrons. The van der Waals surface area contributed by atoms with E-state index >= 15 is 0 Å². The van der Waals surface area contributed by atoms with Crippen LogP contribution in [0.1, 0.15) is 52.0 Å². The van der Waals surface area contributed by atoms with E-state index in [9.17, 15) is 0 Å². The van der Waals surface area contributed by atoms with E-state index in [1.165, 1.54) is 12.8 Å². The summed E-state index contributed by atoms with van der Waals surface area (Å²) in [5.74, 6) is 2.54. The first kappa shape index (κ1) is 13.6. The monoisotopic (exact) mass is 245 g/mol. The Kier molecular flexibility index (Phi) is 4.11. The molecule has 0 aromatic heterocycles. The van der Waals surface area contributed by atoms with Gasteiger partial charge in [-0.1, -0.05) is 37.3 Å². The lowest BCUT2D eigenvalue weighted by Crippen LogP contribution is -2.38. The number of benzene rings is 1. The molecule has 0 aliphatic heterocycles. The van der Waals surface area contributed by atoms with Crippen LogP contribution in [-0.4, -0.2) is 12.1 Å². The third-order valence-corrected chi connectivity index (χ3v) is 3.84. The van der Waals surface area contributed by atoms with Crippen LogP contribution < -0.4 is 5.32 Å². The van der Waals surface area contributed by atoms with E-state index in [0.717, 1.165) is 24.3 Å². The van der Waals surface area contributed by atoms with Crippen LogP contribution in [0.2, 0.25) is 0 Å². The Balaban J connectivity index is 1.73. The maximum Gasteiger partial charge on any atom is 0.00966 e.